The number of rotatable bonds is 0. The van der Waals surface area contributed by atoms with Crippen LogP contribution in [0.5, 0.6) is 0 Å². The first-order chi connectivity index (χ1) is 4.38. The summed E-state index contributed by atoms with van der Waals surface area (Å²) < 4.78 is 0. The second-order valence-electron chi connectivity index (χ2n) is 2.75. The van der Waals surface area contributed by atoms with Crippen molar-refractivity contribution in [2.75, 3.05) is 0 Å². The molecule has 0 saturated carbocycles. The van der Waals surface area contributed by atoms with Crippen molar-refractivity contribution in [2.45, 2.75) is 25.7 Å². The first kappa shape index (κ1) is 5.03. The van der Waals surface area contributed by atoms with Gasteiger partial charge in [0.1, 0.15) is 0 Å². The highest BCUT2D eigenvalue weighted by Crippen LogP contribution is 2.29. The minimum atomic E-state index is 0.711. The Morgan fingerprint density at radius 3 is 3.44 bits per heavy atom. The molecule has 0 unspecified atom stereocenters. The van der Waals surface area contributed by atoms with Gasteiger partial charge in [-0.2, -0.15) is 5.10 Å². The van der Waals surface area contributed by atoms with Crippen molar-refractivity contribution in [1.82, 2.24) is 10.2 Å². The van der Waals surface area contributed by atoms with Crippen molar-refractivity contribution in [2.24, 2.45) is 0 Å². The molecule has 1 aromatic heterocycles. The number of fused-ring (bicyclic) bond motifs is 1. The van der Waals surface area contributed by atoms with Gasteiger partial charge in [-0.15, -0.1) is 0 Å². The van der Waals surface area contributed by atoms with Gasteiger partial charge in [-0.05, 0) is 24.3 Å². The van der Waals surface area contributed by atoms with Gasteiger partial charge in [-0.3, -0.25) is 5.10 Å². The minimum Gasteiger partial charge on any atom is -0.282 e. The summed E-state index contributed by atoms with van der Waals surface area (Å²) in [5, 5.41) is 6.99. The molecule has 1 heterocycles. The number of hydrogen-bond acceptors (Lipinski definition) is 1. The lowest BCUT2D eigenvalue weighted by molar-refractivity contribution is 0.715. The molecule has 0 spiro atoms. The molecule has 1 aromatic rings. The van der Waals surface area contributed by atoms with Crippen molar-refractivity contribution in [3.63, 3.8) is 0 Å². The molecule has 0 fully saturated rings. The van der Waals surface area contributed by atoms with Crippen LogP contribution in [0.1, 0.15) is 30.5 Å². The van der Waals surface area contributed by atoms with Crippen LogP contribution in [0.25, 0.3) is 0 Å². The minimum absolute atomic E-state index is 0.711. The normalized spacial score (nSPS) is 24.3. The highest BCUT2D eigenvalue weighted by molar-refractivity contribution is 5.25. The smallest absolute Gasteiger partial charge is 0.0522 e. The van der Waals surface area contributed by atoms with Crippen LogP contribution >= 0.6 is 0 Å². The van der Waals surface area contributed by atoms with Crippen molar-refractivity contribution in [3.8, 4) is 0 Å². The number of nitrogens with one attached hydrogen (secondary N) is 1. The van der Waals surface area contributed by atoms with E-state index in [-0.39, 0.29) is 0 Å². The molecule has 1 aliphatic carbocycles. The molecule has 9 heavy (non-hydrogen) atoms. The summed E-state index contributed by atoms with van der Waals surface area (Å²) in [6.07, 6.45) is 4.45. The largest absolute Gasteiger partial charge is 0.282 e. The number of H-pyrrole nitrogens is 1. The van der Waals surface area contributed by atoms with E-state index in [0.29, 0.717) is 5.92 Å². The highest BCUT2D eigenvalue weighted by atomic mass is 15.1. The van der Waals surface area contributed by atoms with E-state index in [1.807, 2.05) is 6.20 Å². The van der Waals surface area contributed by atoms with E-state index >= 15 is 0 Å². The molecule has 1 N–H and O–H groups in total. The Morgan fingerprint density at radius 2 is 2.67 bits per heavy atom. The van der Waals surface area contributed by atoms with Crippen LogP contribution in [0.3, 0.4) is 0 Å². The van der Waals surface area contributed by atoms with Gasteiger partial charge in [0, 0.05) is 5.69 Å². The molecule has 48 valence electrons. The van der Waals surface area contributed by atoms with E-state index in [1.165, 1.54) is 24.1 Å². The third-order valence-corrected chi connectivity index (χ3v) is 2.09. The van der Waals surface area contributed by atoms with Gasteiger partial charge in [0.05, 0.1) is 6.20 Å². The first-order valence-corrected chi connectivity index (χ1v) is 3.40. The van der Waals surface area contributed by atoms with E-state index in [2.05, 4.69) is 17.1 Å². The second-order valence-corrected chi connectivity index (χ2v) is 2.75. The van der Waals surface area contributed by atoms with Crippen molar-refractivity contribution < 1.29 is 0 Å². The Bertz CT molecular complexity index is 214. The van der Waals surface area contributed by atoms with Crippen LogP contribution < -0.4 is 0 Å². The summed E-state index contributed by atoms with van der Waals surface area (Å²) in [6.45, 7) is 2.24. The molecule has 1 aliphatic rings. The van der Waals surface area contributed by atoms with Gasteiger partial charge in [-0.25, -0.2) is 0 Å². The van der Waals surface area contributed by atoms with Gasteiger partial charge in [0.15, 0.2) is 0 Å². The number of aromatic nitrogens is 2. The van der Waals surface area contributed by atoms with Crippen LogP contribution in [0.15, 0.2) is 6.20 Å². The maximum atomic E-state index is 3.97. The summed E-state index contributed by atoms with van der Waals surface area (Å²) in [5.41, 5.74) is 2.78. The van der Waals surface area contributed by atoms with E-state index < -0.39 is 0 Å². The molecule has 2 heteroatoms. The van der Waals surface area contributed by atoms with E-state index in [0.717, 1.165) is 0 Å². The quantitative estimate of drug-likeness (QED) is 0.554. The monoisotopic (exact) mass is 122 g/mol. The van der Waals surface area contributed by atoms with Crippen LogP contribution in [0, 0.1) is 0 Å². The molecule has 0 amide bonds. The average molecular weight is 122 g/mol. The van der Waals surface area contributed by atoms with Crippen molar-refractivity contribution in [3.05, 3.63) is 17.5 Å². The summed E-state index contributed by atoms with van der Waals surface area (Å²) in [7, 11) is 0. The molecule has 2 rings (SSSR count). The molecular formula is C7H10N2. The van der Waals surface area contributed by atoms with Crippen LogP contribution in [-0.4, -0.2) is 10.2 Å². The maximum absolute atomic E-state index is 3.97. The van der Waals surface area contributed by atoms with Gasteiger partial charge < -0.3 is 0 Å². The Hall–Kier alpha value is -0.790. The van der Waals surface area contributed by atoms with Crippen molar-refractivity contribution >= 4 is 0 Å². The van der Waals surface area contributed by atoms with Gasteiger partial charge >= 0.3 is 0 Å². The van der Waals surface area contributed by atoms with Crippen LogP contribution in [0.4, 0.5) is 0 Å². The summed E-state index contributed by atoms with van der Waals surface area (Å²) in [5.74, 6) is 0.711. The number of hydrogen-bond donors (Lipinski definition) is 1. The van der Waals surface area contributed by atoms with Crippen LogP contribution in [0.2, 0.25) is 0 Å². The fourth-order valence-corrected chi connectivity index (χ4v) is 1.46. The molecule has 0 saturated heterocycles. The highest BCUT2D eigenvalue weighted by Gasteiger charge is 2.19. The SMILES string of the molecule is C[C@@H]1CCc2cn[nH]c21. The Balaban J connectivity index is 2.49. The Morgan fingerprint density at radius 1 is 1.78 bits per heavy atom. The van der Waals surface area contributed by atoms with E-state index in [9.17, 15) is 0 Å². The predicted octanol–water partition coefficient (Wildman–Crippen LogP) is 1.46. The lowest BCUT2D eigenvalue weighted by atomic mass is 10.1. The van der Waals surface area contributed by atoms with Gasteiger partial charge in [0.2, 0.25) is 0 Å². The van der Waals surface area contributed by atoms with Crippen LogP contribution in [-0.2, 0) is 6.42 Å². The first-order valence-electron chi connectivity index (χ1n) is 3.40. The van der Waals surface area contributed by atoms with Gasteiger partial charge in [-0.1, -0.05) is 6.92 Å². The number of nitrogens with zero attached hydrogens (tertiary/aromatic N) is 1. The zero-order chi connectivity index (χ0) is 6.27. The second kappa shape index (κ2) is 1.59. The van der Waals surface area contributed by atoms with E-state index in [4.69, 9.17) is 0 Å². The number of aryl methyl sites for hydroxylation is 1. The van der Waals surface area contributed by atoms with E-state index in [1.54, 1.807) is 0 Å². The summed E-state index contributed by atoms with van der Waals surface area (Å²) in [6, 6.07) is 0. The lowest BCUT2D eigenvalue weighted by Gasteiger charge is -1.96. The van der Waals surface area contributed by atoms with Crippen molar-refractivity contribution in [1.29, 1.82) is 0 Å². The molecule has 2 nitrogen and oxygen atoms in total. The molecule has 1 atom stereocenters. The zero-order valence-corrected chi connectivity index (χ0v) is 5.52. The standard InChI is InChI=1S/C7H10N2/c1-5-2-3-6-4-8-9-7(5)6/h4-5H,2-3H2,1H3,(H,8,9)/t5-/m1/s1. The summed E-state index contributed by atoms with van der Waals surface area (Å²) >= 11 is 0. The third kappa shape index (κ3) is 0.590. The topological polar surface area (TPSA) is 28.7 Å². The molecule has 0 aromatic carbocycles. The molecule has 0 aliphatic heterocycles. The maximum Gasteiger partial charge on any atom is 0.0522 e. The fraction of sp³-hybridized carbons (Fsp3) is 0.571. The Kier molecular flexibility index (Phi) is 0.891. The summed E-state index contributed by atoms with van der Waals surface area (Å²) in [4.78, 5) is 0. The zero-order valence-electron chi connectivity index (χ0n) is 5.52. The molecule has 0 radical (unpaired) electrons. The molecule has 0 bridgehead atoms. The number of aromatic amines is 1. The fourth-order valence-electron chi connectivity index (χ4n) is 1.46. The third-order valence-electron chi connectivity index (χ3n) is 2.09. The lowest BCUT2D eigenvalue weighted by Crippen LogP contribution is -1.86. The molecular weight excluding hydrogens is 112 g/mol. The van der Waals surface area contributed by atoms with Gasteiger partial charge in [0.25, 0.3) is 0 Å². The predicted molar refractivity (Wildman–Crippen MR) is 35.3 cm³/mol. The average Bonchev–Trinajstić information content (AvgIpc) is 2.35. The Labute approximate surface area is 54.3 Å².